The van der Waals surface area contributed by atoms with Gasteiger partial charge in [0.05, 0.1) is 0 Å². The fraction of sp³-hybridized carbons (Fsp3) is 0.357. The van der Waals surface area contributed by atoms with Crippen molar-refractivity contribution in [1.82, 2.24) is 5.32 Å². The Morgan fingerprint density at radius 1 is 1.53 bits per heavy atom. The number of fused-ring (bicyclic) bond motifs is 1. The van der Waals surface area contributed by atoms with Crippen molar-refractivity contribution >= 4 is 11.6 Å². The summed E-state index contributed by atoms with van der Waals surface area (Å²) < 4.78 is 0. The lowest BCUT2D eigenvalue weighted by atomic mass is 9.91. The Bertz CT molecular complexity index is 440. The molecule has 1 aliphatic rings. The SMILES string of the molecule is C=C(C)C(=O)NCC1CCNc2ccccc21. The molecule has 0 saturated heterocycles. The number of anilines is 1. The lowest BCUT2D eigenvalue weighted by molar-refractivity contribution is -0.117. The van der Waals surface area contributed by atoms with Crippen molar-refractivity contribution in [3.8, 4) is 0 Å². The smallest absolute Gasteiger partial charge is 0.246 e. The molecule has 0 bridgehead atoms. The van der Waals surface area contributed by atoms with Crippen LogP contribution in [-0.2, 0) is 4.79 Å². The van der Waals surface area contributed by atoms with E-state index in [1.807, 2.05) is 12.1 Å². The van der Waals surface area contributed by atoms with E-state index in [9.17, 15) is 4.79 Å². The predicted octanol–water partition coefficient (Wildman–Crippen LogP) is 2.28. The van der Waals surface area contributed by atoms with Gasteiger partial charge in [0, 0.05) is 30.3 Å². The van der Waals surface area contributed by atoms with Crippen LogP contribution in [-0.4, -0.2) is 19.0 Å². The number of carbonyl (C=O) groups is 1. The first-order chi connectivity index (χ1) is 8.18. The summed E-state index contributed by atoms with van der Waals surface area (Å²) in [4.78, 5) is 11.5. The van der Waals surface area contributed by atoms with Crippen LogP contribution in [0, 0.1) is 0 Å². The van der Waals surface area contributed by atoms with Crippen molar-refractivity contribution in [3.63, 3.8) is 0 Å². The molecule has 0 aliphatic carbocycles. The third-order valence-corrected chi connectivity index (χ3v) is 3.11. The molecule has 0 saturated carbocycles. The van der Waals surface area contributed by atoms with Gasteiger partial charge in [-0.15, -0.1) is 0 Å². The molecule has 0 radical (unpaired) electrons. The molecule has 90 valence electrons. The fourth-order valence-corrected chi connectivity index (χ4v) is 2.13. The maximum atomic E-state index is 11.5. The van der Waals surface area contributed by atoms with Crippen LogP contribution in [0.25, 0.3) is 0 Å². The Balaban J connectivity index is 2.04. The molecule has 1 aliphatic heterocycles. The largest absolute Gasteiger partial charge is 0.385 e. The van der Waals surface area contributed by atoms with E-state index in [0.717, 1.165) is 13.0 Å². The summed E-state index contributed by atoms with van der Waals surface area (Å²) in [6.07, 6.45) is 1.05. The first-order valence-electron chi connectivity index (χ1n) is 5.95. The quantitative estimate of drug-likeness (QED) is 0.782. The van der Waals surface area contributed by atoms with Crippen LogP contribution in [0.3, 0.4) is 0 Å². The second kappa shape index (κ2) is 5.04. The molecule has 1 aromatic carbocycles. The molecular formula is C14H18N2O. The van der Waals surface area contributed by atoms with Crippen molar-refractivity contribution < 1.29 is 4.79 Å². The summed E-state index contributed by atoms with van der Waals surface area (Å²) in [7, 11) is 0. The topological polar surface area (TPSA) is 41.1 Å². The van der Waals surface area contributed by atoms with E-state index in [1.54, 1.807) is 6.92 Å². The number of amides is 1. The molecule has 1 amide bonds. The Morgan fingerprint density at radius 3 is 3.06 bits per heavy atom. The van der Waals surface area contributed by atoms with Gasteiger partial charge in [-0.25, -0.2) is 0 Å². The normalized spacial score (nSPS) is 17.8. The first kappa shape index (κ1) is 11.7. The zero-order valence-corrected chi connectivity index (χ0v) is 10.1. The van der Waals surface area contributed by atoms with E-state index in [4.69, 9.17) is 0 Å². The average Bonchev–Trinajstić information content (AvgIpc) is 2.35. The lowest BCUT2D eigenvalue weighted by Crippen LogP contribution is -2.31. The second-order valence-electron chi connectivity index (χ2n) is 4.49. The van der Waals surface area contributed by atoms with Crippen LogP contribution < -0.4 is 10.6 Å². The number of benzene rings is 1. The van der Waals surface area contributed by atoms with Crippen LogP contribution in [0.2, 0.25) is 0 Å². The van der Waals surface area contributed by atoms with E-state index >= 15 is 0 Å². The van der Waals surface area contributed by atoms with E-state index in [-0.39, 0.29) is 5.91 Å². The number of para-hydroxylation sites is 1. The highest BCUT2D eigenvalue weighted by Crippen LogP contribution is 2.30. The number of nitrogens with one attached hydrogen (secondary N) is 2. The molecule has 0 aromatic heterocycles. The van der Waals surface area contributed by atoms with E-state index < -0.39 is 0 Å². The zero-order chi connectivity index (χ0) is 12.3. The fourth-order valence-electron chi connectivity index (χ4n) is 2.13. The highest BCUT2D eigenvalue weighted by molar-refractivity contribution is 5.92. The van der Waals surface area contributed by atoms with Gasteiger partial charge >= 0.3 is 0 Å². The number of carbonyl (C=O) groups excluding carboxylic acids is 1. The van der Waals surface area contributed by atoms with Crippen LogP contribution >= 0.6 is 0 Å². The van der Waals surface area contributed by atoms with Crippen molar-refractivity contribution in [3.05, 3.63) is 42.0 Å². The Kier molecular flexibility index (Phi) is 3.47. The summed E-state index contributed by atoms with van der Waals surface area (Å²) in [6.45, 7) is 7.01. The highest BCUT2D eigenvalue weighted by Gasteiger charge is 2.19. The van der Waals surface area contributed by atoms with E-state index in [1.165, 1.54) is 11.3 Å². The minimum absolute atomic E-state index is 0.0546. The zero-order valence-electron chi connectivity index (χ0n) is 10.1. The Morgan fingerprint density at radius 2 is 2.29 bits per heavy atom. The van der Waals surface area contributed by atoms with Gasteiger partial charge in [0.1, 0.15) is 0 Å². The van der Waals surface area contributed by atoms with E-state index in [0.29, 0.717) is 18.0 Å². The number of hydrogen-bond donors (Lipinski definition) is 2. The number of rotatable bonds is 3. The molecular weight excluding hydrogens is 212 g/mol. The predicted molar refractivity (Wildman–Crippen MR) is 70.1 cm³/mol. The summed E-state index contributed by atoms with van der Waals surface area (Å²) in [5, 5.41) is 6.30. The summed E-state index contributed by atoms with van der Waals surface area (Å²) in [5.41, 5.74) is 3.04. The van der Waals surface area contributed by atoms with Crippen LogP contribution in [0.5, 0.6) is 0 Å². The van der Waals surface area contributed by atoms with Gasteiger partial charge in [-0.3, -0.25) is 4.79 Å². The minimum atomic E-state index is -0.0546. The average molecular weight is 230 g/mol. The van der Waals surface area contributed by atoms with Gasteiger partial charge in [-0.05, 0) is 25.0 Å². The van der Waals surface area contributed by atoms with Gasteiger partial charge in [-0.1, -0.05) is 24.8 Å². The molecule has 3 nitrogen and oxygen atoms in total. The van der Waals surface area contributed by atoms with Gasteiger partial charge in [0.2, 0.25) is 5.91 Å². The third kappa shape index (κ3) is 2.67. The molecule has 1 aromatic rings. The van der Waals surface area contributed by atoms with Gasteiger partial charge in [0.15, 0.2) is 0 Å². The second-order valence-corrected chi connectivity index (χ2v) is 4.49. The highest BCUT2D eigenvalue weighted by atomic mass is 16.1. The van der Waals surface area contributed by atoms with Crippen molar-refractivity contribution in [2.45, 2.75) is 19.3 Å². The third-order valence-electron chi connectivity index (χ3n) is 3.11. The van der Waals surface area contributed by atoms with Gasteiger partial charge in [0.25, 0.3) is 0 Å². The standard InChI is InChI=1S/C14H18N2O/c1-10(2)14(17)16-9-11-7-8-15-13-6-4-3-5-12(11)13/h3-6,11,15H,1,7-9H2,2H3,(H,16,17). The molecule has 0 fully saturated rings. The van der Waals surface area contributed by atoms with Crippen LogP contribution in [0.15, 0.2) is 36.4 Å². The van der Waals surface area contributed by atoms with Crippen LogP contribution in [0.4, 0.5) is 5.69 Å². The molecule has 1 atom stereocenters. The molecule has 0 spiro atoms. The molecule has 2 rings (SSSR count). The Hall–Kier alpha value is -1.77. The van der Waals surface area contributed by atoms with Gasteiger partial charge < -0.3 is 10.6 Å². The summed E-state index contributed by atoms with van der Waals surface area (Å²) >= 11 is 0. The molecule has 17 heavy (non-hydrogen) atoms. The lowest BCUT2D eigenvalue weighted by Gasteiger charge is -2.26. The minimum Gasteiger partial charge on any atom is -0.385 e. The maximum Gasteiger partial charge on any atom is 0.246 e. The Labute approximate surface area is 102 Å². The summed E-state index contributed by atoms with van der Waals surface area (Å²) in [5.74, 6) is 0.344. The molecule has 2 N–H and O–H groups in total. The van der Waals surface area contributed by atoms with Crippen molar-refractivity contribution in [1.29, 1.82) is 0 Å². The number of hydrogen-bond acceptors (Lipinski definition) is 2. The first-order valence-corrected chi connectivity index (χ1v) is 5.95. The van der Waals surface area contributed by atoms with E-state index in [2.05, 4.69) is 29.3 Å². The van der Waals surface area contributed by atoms with Crippen molar-refractivity contribution in [2.24, 2.45) is 0 Å². The van der Waals surface area contributed by atoms with Crippen molar-refractivity contribution in [2.75, 3.05) is 18.4 Å². The van der Waals surface area contributed by atoms with Gasteiger partial charge in [-0.2, -0.15) is 0 Å². The summed E-state index contributed by atoms with van der Waals surface area (Å²) in [6, 6.07) is 8.28. The monoisotopic (exact) mass is 230 g/mol. The molecule has 3 heteroatoms. The molecule has 1 heterocycles. The maximum absolute atomic E-state index is 11.5. The van der Waals surface area contributed by atoms with Crippen LogP contribution in [0.1, 0.15) is 24.8 Å². The molecule has 1 unspecified atom stereocenters.